The molecule has 1 atom stereocenters. The highest BCUT2D eigenvalue weighted by Crippen LogP contribution is 2.24. The highest BCUT2D eigenvalue weighted by Gasteiger charge is 2.23. The van der Waals surface area contributed by atoms with E-state index in [0.29, 0.717) is 12.1 Å². The summed E-state index contributed by atoms with van der Waals surface area (Å²) >= 11 is 6.08. The minimum atomic E-state index is -0.403. The predicted molar refractivity (Wildman–Crippen MR) is 115 cm³/mol. The van der Waals surface area contributed by atoms with E-state index in [9.17, 15) is 4.79 Å². The summed E-state index contributed by atoms with van der Waals surface area (Å²) in [5.41, 5.74) is 3.78. The molecule has 0 radical (unpaired) electrons. The second-order valence-electron chi connectivity index (χ2n) is 6.79. The van der Waals surface area contributed by atoms with Gasteiger partial charge in [-0.25, -0.2) is 0 Å². The minimum absolute atomic E-state index is 0.0646. The minimum Gasteiger partial charge on any atom is -0.360 e. The summed E-state index contributed by atoms with van der Waals surface area (Å²) in [4.78, 5) is 16.6. The Hall–Kier alpha value is -2.88. The van der Waals surface area contributed by atoms with E-state index in [0.717, 1.165) is 33.5 Å². The van der Waals surface area contributed by atoms with Crippen molar-refractivity contribution >= 4 is 28.3 Å². The quantitative estimate of drug-likeness (QED) is 0.406. The average Bonchev–Trinajstić information content (AvgIpc) is 3.16. The lowest BCUT2D eigenvalue weighted by Gasteiger charge is -2.18. The monoisotopic (exact) mass is 388 g/mol. The fraction of sp³-hybridized carbons (Fsp3) is 0.125. The van der Waals surface area contributed by atoms with Gasteiger partial charge < -0.3 is 10.3 Å². The third-order valence-corrected chi connectivity index (χ3v) is 5.14. The number of aromatic nitrogens is 1. The van der Waals surface area contributed by atoms with Crippen LogP contribution in [-0.4, -0.2) is 17.3 Å². The van der Waals surface area contributed by atoms with E-state index in [1.54, 1.807) is 0 Å². The van der Waals surface area contributed by atoms with Gasteiger partial charge in [0.15, 0.2) is 5.78 Å². The number of para-hydroxylation sites is 1. The third kappa shape index (κ3) is 4.01. The van der Waals surface area contributed by atoms with Crippen LogP contribution in [0.15, 0.2) is 85.1 Å². The standard InChI is InChI=1S/C24H21ClN2O/c25-19-10-6-7-17(15-19)13-14-26-23(18-8-2-1-3-9-18)24(28)21-16-27-22-12-5-4-11-20(21)22/h1-12,15-16,23,26-27H,13-14H2/t23-/m1/s1. The maximum absolute atomic E-state index is 13.4. The molecule has 3 aromatic carbocycles. The number of carbonyl (C=O) groups is 1. The summed E-state index contributed by atoms with van der Waals surface area (Å²) < 4.78 is 0. The van der Waals surface area contributed by atoms with Crippen molar-refractivity contribution in [1.29, 1.82) is 0 Å². The summed E-state index contributed by atoms with van der Waals surface area (Å²) in [5.74, 6) is 0.0646. The lowest BCUT2D eigenvalue weighted by atomic mass is 9.96. The molecule has 1 heterocycles. The smallest absolute Gasteiger partial charge is 0.186 e. The zero-order valence-corrected chi connectivity index (χ0v) is 16.1. The molecule has 4 heteroatoms. The number of hydrogen-bond acceptors (Lipinski definition) is 2. The van der Waals surface area contributed by atoms with Gasteiger partial charge in [0.05, 0.1) is 6.04 Å². The zero-order chi connectivity index (χ0) is 19.3. The van der Waals surface area contributed by atoms with Gasteiger partial charge >= 0.3 is 0 Å². The Balaban J connectivity index is 1.58. The van der Waals surface area contributed by atoms with Gasteiger partial charge in [-0.3, -0.25) is 4.79 Å². The fourth-order valence-electron chi connectivity index (χ4n) is 3.49. The Bertz CT molecular complexity index is 1090. The van der Waals surface area contributed by atoms with E-state index in [4.69, 9.17) is 11.6 Å². The van der Waals surface area contributed by atoms with E-state index in [1.807, 2.05) is 85.1 Å². The molecule has 0 saturated heterocycles. The second-order valence-corrected chi connectivity index (χ2v) is 7.23. The molecule has 1 aromatic heterocycles. The maximum atomic E-state index is 13.4. The molecule has 3 nitrogen and oxygen atoms in total. The first kappa shape index (κ1) is 18.5. The van der Waals surface area contributed by atoms with Crippen molar-refractivity contribution in [2.24, 2.45) is 0 Å². The van der Waals surface area contributed by atoms with Crippen LogP contribution in [0.5, 0.6) is 0 Å². The molecule has 28 heavy (non-hydrogen) atoms. The number of carbonyl (C=O) groups excluding carboxylic acids is 1. The van der Waals surface area contributed by atoms with Gasteiger partial charge in [-0.1, -0.05) is 72.3 Å². The van der Waals surface area contributed by atoms with Crippen LogP contribution in [0.4, 0.5) is 0 Å². The molecule has 0 saturated carbocycles. The number of benzene rings is 3. The maximum Gasteiger partial charge on any atom is 0.186 e. The van der Waals surface area contributed by atoms with Gasteiger partial charge in [0.1, 0.15) is 0 Å². The number of rotatable bonds is 7. The Morgan fingerprint density at radius 3 is 2.57 bits per heavy atom. The third-order valence-electron chi connectivity index (χ3n) is 4.90. The Morgan fingerprint density at radius 1 is 0.964 bits per heavy atom. The van der Waals surface area contributed by atoms with Crippen molar-refractivity contribution in [1.82, 2.24) is 10.3 Å². The van der Waals surface area contributed by atoms with Crippen LogP contribution < -0.4 is 5.32 Å². The van der Waals surface area contributed by atoms with E-state index < -0.39 is 6.04 Å². The molecular formula is C24H21ClN2O. The first-order valence-electron chi connectivity index (χ1n) is 9.35. The van der Waals surface area contributed by atoms with E-state index >= 15 is 0 Å². The number of H-pyrrole nitrogens is 1. The first-order chi connectivity index (χ1) is 13.7. The largest absolute Gasteiger partial charge is 0.360 e. The normalized spacial score (nSPS) is 12.2. The van der Waals surface area contributed by atoms with Crippen LogP contribution in [0.2, 0.25) is 5.02 Å². The molecule has 0 fully saturated rings. The summed E-state index contributed by atoms with van der Waals surface area (Å²) in [5, 5.41) is 5.13. The summed E-state index contributed by atoms with van der Waals surface area (Å²) in [6.07, 6.45) is 2.60. The van der Waals surface area contributed by atoms with Crippen molar-refractivity contribution in [3.63, 3.8) is 0 Å². The number of nitrogens with one attached hydrogen (secondary N) is 2. The second kappa shape index (κ2) is 8.42. The van der Waals surface area contributed by atoms with Gasteiger partial charge in [0, 0.05) is 34.2 Å². The van der Waals surface area contributed by atoms with Gasteiger partial charge in [-0.15, -0.1) is 0 Å². The molecule has 140 valence electrons. The lowest BCUT2D eigenvalue weighted by Crippen LogP contribution is -2.30. The number of ketones is 1. The van der Waals surface area contributed by atoms with Gasteiger partial charge in [0.25, 0.3) is 0 Å². The van der Waals surface area contributed by atoms with E-state index in [1.165, 1.54) is 0 Å². The van der Waals surface area contributed by atoms with Crippen LogP contribution in [0.25, 0.3) is 10.9 Å². The number of aromatic amines is 1. The molecule has 0 aliphatic carbocycles. The van der Waals surface area contributed by atoms with Gasteiger partial charge in [-0.05, 0) is 35.7 Å². The average molecular weight is 389 g/mol. The lowest BCUT2D eigenvalue weighted by molar-refractivity contribution is 0.0945. The summed E-state index contributed by atoms with van der Waals surface area (Å²) in [6, 6.07) is 25.2. The highest BCUT2D eigenvalue weighted by molar-refractivity contribution is 6.30. The number of halogens is 1. The van der Waals surface area contributed by atoms with E-state index in [-0.39, 0.29) is 5.78 Å². The Morgan fingerprint density at radius 2 is 1.75 bits per heavy atom. The first-order valence-corrected chi connectivity index (χ1v) is 9.73. The zero-order valence-electron chi connectivity index (χ0n) is 15.4. The van der Waals surface area contributed by atoms with Gasteiger partial charge in [0.2, 0.25) is 0 Å². The van der Waals surface area contributed by atoms with Crippen molar-refractivity contribution in [2.75, 3.05) is 6.54 Å². The summed E-state index contributed by atoms with van der Waals surface area (Å²) in [7, 11) is 0. The summed E-state index contributed by atoms with van der Waals surface area (Å²) in [6.45, 7) is 0.675. The van der Waals surface area contributed by atoms with Crippen LogP contribution in [0, 0.1) is 0 Å². The topological polar surface area (TPSA) is 44.9 Å². The molecule has 2 N–H and O–H groups in total. The van der Waals surface area contributed by atoms with Crippen LogP contribution in [-0.2, 0) is 6.42 Å². The van der Waals surface area contributed by atoms with Gasteiger partial charge in [-0.2, -0.15) is 0 Å². The fourth-order valence-corrected chi connectivity index (χ4v) is 3.70. The van der Waals surface area contributed by atoms with Crippen LogP contribution >= 0.6 is 11.6 Å². The van der Waals surface area contributed by atoms with Crippen molar-refractivity contribution in [3.8, 4) is 0 Å². The SMILES string of the molecule is O=C(c1c[nH]c2ccccc12)[C@H](NCCc1cccc(Cl)c1)c1ccccc1. The van der Waals surface area contributed by atoms with E-state index in [2.05, 4.69) is 10.3 Å². The molecule has 0 amide bonds. The molecule has 4 aromatic rings. The molecule has 4 rings (SSSR count). The molecule has 0 unspecified atom stereocenters. The van der Waals surface area contributed by atoms with Crippen molar-refractivity contribution in [2.45, 2.75) is 12.5 Å². The van der Waals surface area contributed by atoms with Crippen LogP contribution in [0.1, 0.15) is 27.5 Å². The molecular weight excluding hydrogens is 368 g/mol. The Labute approximate surface area is 169 Å². The molecule has 0 aliphatic heterocycles. The molecule has 0 spiro atoms. The molecule has 0 bridgehead atoms. The number of Topliss-reactive ketones (excluding diaryl/α,β-unsaturated/α-hetero) is 1. The number of hydrogen-bond donors (Lipinski definition) is 2. The highest BCUT2D eigenvalue weighted by atomic mass is 35.5. The molecule has 0 aliphatic rings. The van der Waals surface area contributed by atoms with Crippen LogP contribution in [0.3, 0.4) is 0 Å². The van der Waals surface area contributed by atoms with Crippen molar-refractivity contribution in [3.05, 3.63) is 107 Å². The predicted octanol–water partition coefficient (Wildman–Crippen LogP) is 5.58. The number of fused-ring (bicyclic) bond motifs is 1. The Kier molecular flexibility index (Phi) is 5.56. The van der Waals surface area contributed by atoms with Crippen molar-refractivity contribution < 1.29 is 4.79 Å².